The monoisotopic (exact) mass is 391 g/mol. The first-order chi connectivity index (χ1) is 12.1. The van der Waals surface area contributed by atoms with Crippen molar-refractivity contribution >= 4 is 41.0 Å². The van der Waals surface area contributed by atoms with Gasteiger partial charge in [0.25, 0.3) is 0 Å². The van der Waals surface area contributed by atoms with E-state index in [2.05, 4.69) is 5.10 Å². The quantitative estimate of drug-likeness (QED) is 0.190. The number of benzene rings is 2. The van der Waals surface area contributed by atoms with Gasteiger partial charge < -0.3 is 4.74 Å². The Bertz CT molecular complexity index is 925. The first-order valence-electron chi connectivity index (χ1n) is 7.30. The molecule has 0 atom stereocenters. The summed E-state index contributed by atoms with van der Waals surface area (Å²) in [5, 5.41) is 15.4. The Labute approximate surface area is 157 Å². The van der Waals surface area contributed by atoms with Gasteiger partial charge in [-0.2, -0.15) is 0 Å². The van der Waals surface area contributed by atoms with Gasteiger partial charge in [-0.15, -0.1) is 5.10 Å². The van der Waals surface area contributed by atoms with Crippen LogP contribution < -0.4 is 4.74 Å². The fraction of sp³-hybridized carbons (Fsp3) is 0.125. The minimum atomic E-state index is -0.449. The first kappa shape index (κ1) is 17.6. The van der Waals surface area contributed by atoms with Gasteiger partial charge in [-0.05, 0) is 30.4 Å². The molecule has 1 aromatic heterocycles. The zero-order valence-electron chi connectivity index (χ0n) is 12.9. The fourth-order valence-electron chi connectivity index (χ4n) is 2.06. The molecule has 128 valence electrons. The normalized spacial score (nSPS) is 10.6. The number of nitro benzene ring substituents is 1. The summed E-state index contributed by atoms with van der Waals surface area (Å²) in [5.41, 5.74) is 0.892. The lowest BCUT2D eigenvalue weighted by Crippen LogP contribution is -2.02. The maximum Gasteiger partial charge on any atom is 0.310 e. The predicted molar refractivity (Wildman–Crippen MR) is 102 cm³/mol. The van der Waals surface area contributed by atoms with E-state index in [4.69, 9.17) is 17.0 Å². The summed E-state index contributed by atoms with van der Waals surface area (Å²) in [6.45, 7) is 0.340. The fourth-order valence-corrected chi connectivity index (χ4v) is 4.31. The van der Waals surface area contributed by atoms with Crippen molar-refractivity contribution in [3.8, 4) is 11.4 Å². The van der Waals surface area contributed by atoms with Crippen LogP contribution in [-0.4, -0.2) is 27.1 Å². The standard InChI is InChI=1S/C16H13N3O3S3/c20-19(21)13-8-4-5-9-14(13)22-10-11-24-15-17-18(16(23)25-15)12-6-2-1-3-7-12/h1-9H,10-11H2. The summed E-state index contributed by atoms with van der Waals surface area (Å²) in [6.07, 6.45) is 0. The highest BCUT2D eigenvalue weighted by Gasteiger charge is 2.13. The van der Waals surface area contributed by atoms with Gasteiger partial charge >= 0.3 is 5.69 Å². The number of aromatic nitrogens is 2. The molecule has 0 aliphatic rings. The Morgan fingerprint density at radius 1 is 1.20 bits per heavy atom. The van der Waals surface area contributed by atoms with Crippen molar-refractivity contribution in [1.82, 2.24) is 9.78 Å². The molecule has 9 heteroatoms. The SMILES string of the molecule is O=[N+]([O-])c1ccccc1OCCSc1nn(-c2ccccc2)c(=S)s1. The van der Waals surface area contributed by atoms with Gasteiger partial charge in [0.15, 0.2) is 14.0 Å². The van der Waals surface area contributed by atoms with Gasteiger partial charge in [-0.1, -0.05) is 53.4 Å². The third-order valence-electron chi connectivity index (χ3n) is 3.16. The summed E-state index contributed by atoms with van der Waals surface area (Å²) in [4.78, 5) is 10.5. The second kappa shape index (κ2) is 8.24. The van der Waals surface area contributed by atoms with Crippen molar-refractivity contribution < 1.29 is 9.66 Å². The van der Waals surface area contributed by atoms with E-state index in [0.717, 1.165) is 10.0 Å². The molecule has 0 bridgehead atoms. The highest BCUT2D eigenvalue weighted by molar-refractivity contribution is 8.01. The van der Waals surface area contributed by atoms with Crippen LogP contribution in [0, 0.1) is 14.1 Å². The lowest BCUT2D eigenvalue weighted by atomic mass is 10.3. The van der Waals surface area contributed by atoms with E-state index in [1.165, 1.54) is 29.2 Å². The van der Waals surface area contributed by atoms with Crippen LogP contribution in [0.1, 0.15) is 0 Å². The Kier molecular flexibility index (Phi) is 5.79. The van der Waals surface area contributed by atoms with Crippen molar-refractivity contribution in [3.63, 3.8) is 0 Å². The molecule has 3 rings (SSSR count). The number of para-hydroxylation sites is 3. The summed E-state index contributed by atoms with van der Waals surface area (Å²) < 4.78 is 8.76. The minimum Gasteiger partial charge on any atom is -0.486 e. The second-order valence-corrected chi connectivity index (χ2v) is 7.77. The van der Waals surface area contributed by atoms with Gasteiger partial charge in [-0.25, -0.2) is 4.68 Å². The summed E-state index contributed by atoms with van der Waals surface area (Å²) in [7, 11) is 0. The molecule has 25 heavy (non-hydrogen) atoms. The molecule has 0 amide bonds. The molecule has 0 unspecified atom stereocenters. The Morgan fingerprint density at radius 3 is 2.68 bits per heavy atom. The van der Waals surface area contributed by atoms with E-state index in [0.29, 0.717) is 16.3 Å². The number of ether oxygens (including phenoxy) is 1. The zero-order chi connectivity index (χ0) is 17.6. The zero-order valence-corrected chi connectivity index (χ0v) is 15.4. The van der Waals surface area contributed by atoms with Gasteiger partial charge in [0.2, 0.25) is 0 Å². The second-order valence-electron chi connectivity index (χ2n) is 4.80. The van der Waals surface area contributed by atoms with Gasteiger partial charge in [0.05, 0.1) is 17.2 Å². The van der Waals surface area contributed by atoms with Crippen molar-refractivity contribution in [2.24, 2.45) is 0 Å². The Morgan fingerprint density at radius 2 is 1.92 bits per heavy atom. The predicted octanol–water partition coefficient (Wildman–Crippen LogP) is 4.74. The first-order valence-corrected chi connectivity index (χ1v) is 9.51. The highest BCUT2D eigenvalue weighted by Crippen LogP contribution is 2.27. The van der Waals surface area contributed by atoms with Crippen LogP contribution in [0.25, 0.3) is 5.69 Å². The van der Waals surface area contributed by atoms with Crippen molar-refractivity contribution in [2.45, 2.75) is 4.34 Å². The molecule has 0 N–H and O–H groups in total. The van der Waals surface area contributed by atoms with Crippen molar-refractivity contribution in [3.05, 3.63) is 68.7 Å². The number of thioether (sulfide) groups is 1. The molecule has 0 aliphatic carbocycles. The van der Waals surface area contributed by atoms with Gasteiger partial charge in [0, 0.05) is 11.8 Å². The van der Waals surface area contributed by atoms with Crippen LogP contribution in [0.2, 0.25) is 0 Å². The van der Waals surface area contributed by atoms with Crippen LogP contribution in [0.4, 0.5) is 5.69 Å². The average Bonchev–Trinajstić information content (AvgIpc) is 3.00. The van der Waals surface area contributed by atoms with E-state index < -0.39 is 4.92 Å². The van der Waals surface area contributed by atoms with Crippen LogP contribution in [0.3, 0.4) is 0 Å². The van der Waals surface area contributed by atoms with Crippen molar-refractivity contribution in [2.75, 3.05) is 12.4 Å². The summed E-state index contributed by atoms with van der Waals surface area (Å²) in [6, 6.07) is 16.0. The molecule has 6 nitrogen and oxygen atoms in total. The molecule has 3 aromatic rings. The number of rotatable bonds is 7. The van der Waals surface area contributed by atoms with E-state index >= 15 is 0 Å². The summed E-state index contributed by atoms with van der Waals surface area (Å²) in [5.74, 6) is 0.888. The number of hydrogen-bond donors (Lipinski definition) is 0. The van der Waals surface area contributed by atoms with Gasteiger partial charge in [0.1, 0.15) is 0 Å². The molecule has 0 saturated heterocycles. The topological polar surface area (TPSA) is 70.2 Å². The maximum atomic E-state index is 10.9. The lowest BCUT2D eigenvalue weighted by molar-refractivity contribution is -0.385. The molecule has 0 saturated carbocycles. The average molecular weight is 391 g/mol. The largest absolute Gasteiger partial charge is 0.486 e. The summed E-state index contributed by atoms with van der Waals surface area (Å²) >= 11 is 8.29. The molecule has 1 heterocycles. The Balaban J connectivity index is 1.59. The van der Waals surface area contributed by atoms with E-state index in [1.54, 1.807) is 22.9 Å². The van der Waals surface area contributed by atoms with Crippen LogP contribution in [0.5, 0.6) is 5.75 Å². The third-order valence-corrected chi connectivity index (χ3v) is 5.49. The third kappa shape index (κ3) is 4.44. The molecule has 0 spiro atoms. The van der Waals surface area contributed by atoms with Crippen molar-refractivity contribution in [1.29, 1.82) is 0 Å². The van der Waals surface area contributed by atoms with E-state index in [1.807, 2.05) is 30.3 Å². The van der Waals surface area contributed by atoms with Crippen LogP contribution in [0.15, 0.2) is 58.9 Å². The van der Waals surface area contributed by atoms with E-state index in [9.17, 15) is 10.1 Å². The molecular weight excluding hydrogens is 378 g/mol. The molecule has 0 radical (unpaired) electrons. The molecular formula is C16H13N3O3S3. The lowest BCUT2D eigenvalue weighted by Gasteiger charge is -2.05. The highest BCUT2D eigenvalue weighted by atomic mass is 32.2. The van der Waals surface area contributed by atoms with Crippen LogP contribution in [-0.2, 0) is 0 Å². The maximum absolute atomic E-state index is 10.9. The molecule has 0 aliphatic heterocycles. The molecule has 2 aromatic carbocycles. The smallest absolute Gasteiger partial charge is 0.310 e. The van der Waals surface area contributed by atoms with E-state index in [-0.39, 0.29) is 11.4 Å². The Hall–Kier alpha value is -2.23. The number of nitro groups is 1. The molecule has 0 fully saturated rings. The number of nitrogens with zero attached hydrogens (tertiary/aromatic N) is 3. The van der Waals surface area contributed by atoms with Gasteiger partial charge in [-0.3, -0.25) is 10.1 Å². The van der Waals surface area contributed by atoms with Crippen LogP contribution >= 0.6 is 35.3 Å². The minimum absolute atomic E-state index is 0.0310. The number of hydrogen-bond acceptors (Lipinski definition) is 7.